The Hall–Kier alpha value is -2.64. The molecule has 3 N–H and O–H groups in total. The van der Waals surface area contributed by atoms with Gasteiger partial charge in [-0.25, -0.2) is 4.79 Å². The number of aromatic nitrogens is 1. The number of carbonyl (C=O) groups is 3. The number of urea groups is 1. The SMILES string of the molecule is Cc1cc(C)c(CNC(=O)CCCN2C(=O)NC3(CCCC3)C2=O)c(=O)[nH]1. The first-order valence-corrected chi connectivity index (χ1v) is 9.43. The van der Waals surface area contributed by atoms with Crippen LogP contribution in [0.3, 0.4) is 0 Å². The number of hydrogen-bond acceptors (Lipinski definition) is 4. The minimum absolute atomic E-state index is 0.159. The van der Waals surface area contributed by atoms with Crippen molar-refractivity contribution in [1.29, 1.82) is 0 Å². The van der Waals surface area contributed by atoms with E-state index in [1.54, 1.807) is 0 Å². The second-order valence-corrected chi connectivity index (χ2v) is 7.50. The van der Waals surface area contributed by atoms with Gasteiger partial charge in [-0.05, 0) is 44.7 Å². The van der Waals surface area contributed by atoms with Crippen LogP contribution < -0.4 is 16.2 Å². The molecular formula is C19H26N4O4. The maximum Gasteiger partial charge on any atom is 0.325 e. The quantitative estimate of drug-likeness (QED) is 0.651. The van der Waals surface area contributed by atoms with Crippen molar-refractivity contribution in [2.45, 2.75) is 64.5 Å². The van der Waals surface area contributed by atoms with Crippen molar-refractivity contribution in [1.82, 2.24) is 20.5 Å². The molecule has 4 amide bonds. The summed E-state index contributed by atoms with van der Waals surface area (Å²) in [5, 5.41) is 5.56. The molecule has 1 aromatic rings. The first-order chi connectivity index (χ1) is 12.8. The van der Waals surface area contributed by atoms with Gasteiger partial charge in [0.2, 0.25) is 5.91 Å². The lowest BCUT2D eigenvalue weighted by Crippen LogP contribution is -2.44. The second-order valence-electron chi connectivity index (χ2n) is 7.50. The van der Waals surface area contributed by atoms with Crippen LogP contribution >= 0.6 is 0 Å². The minimum atomic E-state index is -0.705. The topological polar surface area (TPSA) is 111 Å². The molecule has 2 heterocycles. The van der Waals surface area contributed by atoms with Gasteiger partial charge in [-0.2, -0.15) is 0 Å². The zero-order valence-corrected chi connectivity index (χ0v) is 15.8. The number of amides is 4. The van der Waals surface area contributed by atoms with Crippen molar-refractivity contribution in [2.24, 2.45) is 0 Å². The highest BCUT2D eigenvalue weighted by Gasteiger charge is 2.51. The third-order valence-corrected chi connectivity index (χ3v) is 5.44. The Kier molecular flexibility index (Phi) is 5.34. The van der Waals surface area contributed by atoms with Gasteiger partial charge in [0.15, 0.2) is 0 Å². The summed E-state index contributed by atoms with van der Waals surface area (Å²) >= 11 is 0. The number of H-pyrrole nitrogens is 1. The van der Waals surface area contributed by atoms with Gasteiger partial charge in [0.1, 0.15) is 5.54 Å². The summed E-state index contributed by atoms with van der Waals surface area (Å²) in [6.45, 7) is 4.03. The highest BCUT2D eigenvalue weighted by molar-refractivity contribution is 6.07. The lowest BCUT2D eigenvalue weighted by atomic mass is 9.98. The molecule has 146 valence electrons. The van der Waals surface area contributed by atoms with Crippen molar-refractivity contribution in [3.8, 4) is 0 Å². The number of aryl methyl sites for hydroxylation is 2. The Morgan fingerprint density at radius 3 is 2.59 bits per heavy atom. The van der Waals surface area contributed by atoms with E-state index in [0.29, 0.717) is 24.8 Å². The monoisotopic (exact) mass is 374 g/mol. The maximum absolute atomic E-state index is 12.5. The number of aromatic amines is 1. The summed E-state index contributed by atoms with van der Waals surface area (Å²) in [6, 6.07) is 1.50. The van der Waals surface area contributed by atoms with Gasteiger partial charge in [0, 0.05) is 30.8 Å². The number of imide groups is 1. The zero-order chi connectivity index (χ0) is 19.6. The van der Waals surface area contributed by atoms with Crippen LogP contribution in [0.25, 0.3) is 0 Å². The van der Waals surface area contributed by atoms with E-state index in [2.05, 4.69) is 15.6 Å². The molecule has 0 bridgehead atoms. The van der Waals surface area contributed by atoms with E-state index in [1.807, 2.05) is 19.9 Å². The van der Waals surface area contributed by atoms with Crippen LogP contribution in [-0.2, 0) is 16.1 Å². The third kappa shape index (κ3) is 3.89. The van der Waals surface area contributed by atoms with Crippen molar-refractivity contribution in [3.05, 3.63) is 33.2 Å². The molecule has 0 atom stereocenters. The lowest BCUT2D eigenvalue weighted by Gasteiger charge is -2.19. The van der Waals surface area contributed by atoms with Crippen molar-refractivity contribution >= 4 is 17.8 Å². The van der Waals surface area contributed by atoms with Crippen LogP contribution in [0, 0.1) is 13.8 Å². The smallest absolute Gasteiger partial charge is 0.325 e. The Bertz CT molecular complexity index is 823. The normalized spacial score (nSPS) is 18.2. The molecule has 0 radical (unpaired) electrons. The Morgan fingerprint density at radius 1 is 1.22 bits per heavy atom. The summed E-state index contributed by atoms with van der Waals surface area (Å²) in [5.41, 5.74) is 1.24. The predicted octanol–water partition coefficient (Wildman–Crippen LogP) is 1.25. The van der Waals surface area contributed by atoms with Gasteiger partial charge in [-0.3, -0.25) is 19.3 Å². The van der Waals surface area contributed by atoms with E-state index in [-0.39, 0.29) is 42.9 Å². The van der Waals surface area contributed by atoms with E-state index in [4.69, 9.17) is 0 Å². The van der Waals surface area contributed by atoms with E-state index in [1.165, 1.54) is 4.90 Å². The van der Waals surface area contributed by atoms with E-state index in [0.717, 1.165) is 24.1 Å². The fraction of sp³-hybridized carbons (Fsp3) is 0.579. The molecule has 1 aromatic heterocycles. The molecule has 8 heteroatoms. The number of pyridine rings is 1. The molecule has 27 heavy (non-hydrogen) atoms. The van der Waals surface area contributed by atoms with E-state index < -0.39 is 5.54 Å². The molecule has 1 aliphatic carbocycles. The molecule has 1 saturated heterocycles. The van der Waals surface area contributed by atoms with E-state index >= 15 is 0 Å². The van der Waals surface area contributed by atoms with Crippen molar-refractivity contribution in [2.75, 3.05) is 6.54 Å². The highest BCUT2D eigenvalue weighted by atomic mass is 16.2. The summed E-state index contributed by atoms with van der Waals surface area (Å²) in [7, 11) is 0. The molecule has 0 unspecified atom stereocenters. The molecule has 0 aromatic carbocycles. The second kappa shape index (κ2) is 7.54. The minimum Gasteiger partial charge on any atom is -0.352 e. The molecule has 2 fully saturated rings. The molecule has 1 saturated carbocycles. The number of carbonyl (C=O) groups excluding carboxylic acids is 3. The summed E-state index contributed by atoms with van der Waals surface area (Å²) in [5.74, 6) is -0.371. The van der Waals surface area contributed by atoms with Gasteiger partial charge >= 0.3 is 6.03 Å². The Morgan fingerprint density at radius 2 is 1.93 bits per heavy atom. The number of nitrogens with zero attached hydrogens (tertiary/aromatic N) is 1. The lowest BCUT2D eigenvalue weighted by molar-refractivity contribution is -0.131. The van der Waals surface area contributed by atoms with Crippen LogP contribution in [0.15, 0.2) is 10.9 Å². The van der Waals surface area contributed by atoms with Crippen LogP contribution in [0.2, 0.25) is 0 Å². The van der Waals surface area contributed by atoms with Gasteiger partial charge in [0.05, 0.1) is 0 Å². The fourth-order valence-electron chi connectivity index (χ4n) is 3.97. The van der Waals surface area contributed by atoms with E-state index in [9.17, 15) is 19.2 Å². The standard InChI is InChI=1S/C19H26N4O4/c1-12-10-13(2)21-16(25)14(12)11-20-15(24)6-5-9-23-17(26)19(22-18(23)27)7-3-4-8-19/h10H,3-9,11H2,1-2H3,(H,20,24)(H,21,25)(H,22,27). The Balaban J connectivity index is 1.47. The molecule has 3 rings (SSSR count). The summed E-state index contributed by atoms with van der Waals surface area (Å²) in [6.07, 6.45) is 3.86. The zero-order valence-electron chi connectivity index (χ0n) is 15.8. The predicted molar refractivity (Wildman–Crippen MR) is 99.1 cm³/mol. The first kappa shape index (κ1) is 19.1. The maximum atomic E-state index is 12.5. The highest BCUT2D eigenvalue weighted by Crippen LogP contribution is 2.35. The van der Waals surface area contributed by atoms with Crippen LogP contribution in [0.1, 0.15) is 55.3 Å². The number of rotatable bonds is 6. The molecule has 1 aliphatic heterocycles. The van der Waals surface area contributed by atoms with Crippen molar-refractivity contribution < 1.29 is 14.4 Å². The van der Waals surface area contributed by atoms with Gasteiger partial charge < -0.3 is 15.6 Å². The van der Waals surface area contributed by atoms with Crippen LogP contribution in [0.4, 0.5) is 4.79 Å². The average molecular weight is 374 g/mol. The van der Waals surface area contributed by atoms with Crippen molar-refractivity contribution in [3.63, 3.8) is 0 Å². The largest absolute Gasteiger partial charge is 0.352 e. The molecule has 8 nitrogen and oxygen atoms in total. The summed E-state index contributed by atoms with van der Waals surface area (Å²) in [4.78, 5) is 52.6. The third-order valence-electron chi connectivity index (χ3n) is 5.44. The fourth-order valence-corrected chi connectivity index (χ4v) is 3.97. The summed E-state index contributed by atoms with van der Waals surface area (Å²) < 4.78 is 0. The number of nitrogens with one attached hydrogen (secondary N) is 3. The Labute approximate surface area is 157 Å². The molecular weight excluding hydrogens is 348 g/mol. The van der Waals surface area contributed by atoms with Crippen LogP contribution in [0.5, 0.6) is 0 Å². The first-order valence-electron chi connectivity index (χ1n) is 9.43. The van der Waals surface area contributed by atoms with Gasteiger partial charge in [-0.15, -0.1) is 0 Å². The van der Waals surface area contributed by atoms with Crippen LogP contribution in [-0.4, -0.2) is 39.8 Å². The van der Waals surface area contributed by atoms with Gasteiger partial charge in [0.25, 0.3) is 11.5 Å². The van der Waals surface area contributed by atoms with Gasteiger partial charge in [-0.1, -0.05) is 12.8 Å². The number of hydrogen-bond donors (Lipinski definition) is 3. The molecule has 2 aliphatic rings. The average Bonchev–Trinajstić information content (AvgIpc) is 3.14. The molecule has 1 spiro atoms.